The van der Waals surface area contributed by atoms with Crippen LogP contribution in [0, 0.1) is 5.41 Å². The Morgan fingerprint density at radius 1 is 1.17 bits per heavy atom. The Morgan fingerprint density at radius 2 is 1.92 bits per heavy atom. The van der Waals surface area contributed by atoms with Gasteiger partial charge in [0.15, 0.2) is 0 Å². The fraction of sp³-hybridized carbons (Fsp3) is 0.550. The van der Waals surface area contributed by atoms with Crippen molar-refractivity contribution in [2.75, 3.05) is 46.8 Å². The second-order valence-electron chi connectivity index (χ2n) is 7.62. The number of amides is 1. The number of likely N-dealkylation sites (tertiary alicyclic amines) is 2. The van der Waals surface area contributed by atoms with Crippen LogP contribution in [0.3, 0.4) is 0 Å². The highest BCUT2D eigenvalue weighted by atomic mass is 16.2. The van der Waals surface area contributed by atoms with Crippen molar-refractivity contribution in [1.29, 1.82) is 0 Å². The van der Waals surface area contributed by atoms with E-state index >= 15 is 0 Å². The van der Waals surface area contributed by atoms with E-state index in [0.29, 0.717) is 5.41 Å². The summed E-state index contributed by atoms with van der Waals surface area (Å²) in [6.07, 6.45) is 6.07. The van der Waals surface area contributed by atoms with Crippen LogP contribution in [0.15, 0.2) is 42.5 Å². The van der Waals surface area contributed by atoms with Crippen LogP contribution in [0.4, 0.5) is 0 Å². The van der Waals surface area contributed by atoms with Crippen LogP contribution in [0.2, 0.25) is 0 Å². The Bertz CT molecular complexity index is 584. The SMILES string of the molecule is CN(C)C/C=C/C(=O)N1CCC2(CCN(Cc3ccccc3)C2)C1. The van der Waals surface area contributed by atoms with Gasteiger partial charge in [0.2, 0.25) is 5.91 Å². The number of hydrogen-bond acceptors (Lipinski definition) is 3. The van der Waals surface area contributed by atoms with Crippen molar-refractivity contribution in [3.63, 3.8) is 0 Å². The summed E-state index contributed by atoms with van der Waals surface area (Å²) in [5, 5.41) is 0. The summed E-state index contributed by atoms with van der Waals surface area (Å²) in [4.78, 5) is 19.0. The van der Waals surface area contributed by atoms with Crippen molar-refractivity contribution in [3.8, 4) is 0 Å². The molecule has 0 aliphatic carbocycles. The monoisotopic (exact) mass is 327 g/mol. The number of benzene rings is 1. The second kappa shape index (κ2) is 7.49. The van der Waals surface area contributed by atoms with Crippen molar-refractivity contribution in [3.05, 3.63) is 48.0 Å². The van der Waals surface area contributed by atoms with Gasteiger partial charge in [-0.3, -0.25) is 9.69 Å². The lowest BCUT2D eigenvalue weighted by atomic mass is 9.86. The van der Waals surface area contributed by atoms with Crippen molar-refractivity contribution >= 4 is 5.91 Å². The third-order valence-corrected chi connectivity index (χ3v) is 5.25. The highest BCUT2D eigenvalue weighted by Gasteiger charge is 2.44. The van der Waals surface area contributed by atoms with E-state index in [1.54, 1.807) is 6.08 Å². The normalized spacial score (nSPS) is 24.7. The molecule has 2 aliphatic heterocycles. The molecule has 4 nitrogen and oxygen atoms in total. The first-order valence-corrected chi connectivity index (χ1v) is 8.93. The van der Waals surface area contributed by atoms with Crippen LogP contribution in [-0.4, -0.2) is 67.4 Å². The molecule has 0 bridgehead atoms. The standard InChI is InChI=1S/C20H29N3O/c1-21(2)12-6-9-19(24)23-14-11-20(17-23)10-13-22(16-20)15-18-7-4-3-5-8-18/h3-9H,10-17H2,1-2H3/b9-6+. The molecular weight excluding hydrogens is 298 g/mol. The molecule has 130 valence electrons. The van der Waals surface area contributed by atoms with Gasteiger partial charge in [-0.15, -0.1) is 0 Å². The summed E-state index contributed by atoms with van der Waals surface area (Å²) < 4.78 is 0. The van der Waals surface area contributed by atoms with E-state index in [-0.39, 0.29) is 5.91 Å². The fourth-order valence-electron chi connectivity index (χ4n) is 3.93. The molecule has 1 spiro atoms. The summed E-state index contributed by atoms with van der Waals surface area (Å²) >= 11 is 0. The number of carbonyl (C=O) groups is 1. The molecule has 3 rings (SSSR count). The maximum Gasteiger partial charge on any atom is 0.246 e. The Hall–Kier alpha value is -1.65. The Kier molecular flexibility index (Phi) is 5.36. The van der Waals surface area contributed by atoms with Crippen LogP contribution in [0.5, 0.6) is 0 Å². The maximum absolute atomic E-state index is 12.3. The number of carbonyl (C=O) groups excluding carboxylic acids is 1. The van der Waals surface area contributed by atoms with Crippen LogP contribution in [0.25, 0.3) is 0 Å². The van der Waals surface area contributed by atoms with Gasteiger partial charge in [0.05, 0.1) is 0 Å². The van der Waals surface area contributed by atoms with Crippen LogP contribution in [0.1, 0.15) is 18.4 Å². The number of rotatable bonds is 5. The highest BCUT2D eigenvalue weighted by molar-refractivity contribution is 5.87. The van der Waals surface area contributed by atoms with E-state index in [2.05, 4.69) is 40.1 Å². The van der Waals surface area contributed by atoms with Gasteiger partial charge in [0.1, 0.15) is 0 Å². The minimum Gasteiger partial charge on any atom is -0.339 e. The summed E-state index contributed by atoms with van der Waals surface area (Å²) in [5.74, 6) is 0.176. The first kappa shape index (κ1) is 17.2. The van der Waals surface area contributed by atoms with Gasteiger partial charge in [-0.1, -0.05) is 36.4 Å². The number of nitrogens with zero attached hydrogens (tertiary/aromatic N) is 3. The van der Waals surface area contributed by atoms with Crippen molar-refractivity contribution < 1.29 is 4.79 Å². The zero-order chi connectivity index (χ0) is 17.0. The van der Waals surface area contributed by atoms with Gasteiger partial charge in [-0.05, 0) is 39.0 Å². The van der Waals surface area contributed by atoms with Gasteiger partial charge >= 0.3 is 0 Å². The minimum atomic E-state index is 0.176. The summed E-state index contributed by atoms with van der Waals surface area (Å²) in [6, 6.07) is 10.7. The van der Waals surface area contributed by atoms with Crippen LogP contribution in [-0.2, 0) is 11.3 Å². The highest BCUT2D eigenvalue weighted by Crippen LogP contribution is 2.40. The molecule has 0 aromatic heterocycles. The lowest BCUT2D eigenvalue weighted by Crippen LogP contribution is -2.33. The van der Waals surface area contributed by atoms with E-state index in [9.17, 15) is 4.79 Å². The van der Waals surface area contributed by atoms with Gasteiger partial charge < -0.3 is 9.80 Å². The molecule has 1 aromatic carbocycles. The Morgan fingerprint density at radius 3 is 2.67 bits per heavy atom. The summed E-state index contributed by atoms with van der Waals surface area (Å²) in [5.41, 5.74) is 1.70. The maximum atomic E-state index is 12.3. The third-order valence-electron chi connectivity index (χ3n) is 5.25. The van der Waals surface area contributed by atoms with Crippen LogP contribution < -0.4 is 0 Å². The predicted octanol–water partition coefficient (Wildman–Crippen LogP) is 2.23. The van der Waals surface area contributed by atoms with Gasteiger partial charge in [-0.25, -0.2) is 0 Å². The molecule has 2 aliphatic rings. The van der Waals surface area contributed by atoms with E-state index in [4.69, 9.17) is 0 Å². The molecule has 2 heterocycles. The van der Waals surface area contributed by atoms with Gasteiger partial charge in [-0.2, -0.15) is 0 Å². The number of likely N-dealkylation sites (N-methyl/N-ethyl adjacent to an activating group) is 1. The number of hydrogen-bond donors (Lipinski definition) is 0. The molecule has 0 radical (unpaired) electrons. The van der Waals surface area contributed by atoms with Crippen LogP contribution >= 0.6 is 0 Å². The van der Waals surface area contributed by atoms with Crippen molar-refractivity contribution in [2.45, 2.75) is 19.4 Å². The molecule has 2 saturated heterocycles. The Labute approximate surface area is 145 Å². The van der Waals surface area contributed by atoms with E-state index in [1.807, 2.05) is 25.1 Å². The van der Waals surface area contributed by atoms with Crippen molar-refractivity contribution in [2.24, 2.45) is 5.41 Å². The van der Waals surface area contributed by atoms with Crippen molar-refractivity contribution in [1.82, 2.24) is 14.7 Å². The second-order valence-corrected chi connectivity index (χ2v) is 7.62. The molecule has 0 N–H and O–H groups in total. The molecule has 1 atom stereocenters. The van der Waals surface area contributed by atoms with E-state index in [1.165, 1.54) is 12.0 Å². The lowest BCUT2D eigenvalue weighted by Gasteiger charge is -2.24. The minimum absolute atomic E-state index is 0.176. The van der Waals surface area contributed by atoms with E-state index < -0.39 is 0 Å². The fourth-order valence-corrected chi connectivity index (χ4v) is 3.93. The molecular formula is C20H29N3O. The van der Waals surface area contributed by atoms with E-state index in [0.717, 1.165) is 45.7 Å². The largest absolute Gasteiger partial charge is 0.339 e. The lowest BCUT2D eigenvalue weighted by molar-refractivity contribution is -0.125. The average molecular weight is 327 g/mol. The van der Waals surface area contributed by atoms with Gasteiger partial charge in [0.25, 0.3) is 0 Å². The average Bonchev–Trinajstić information content (AvgIpc) is 3.15. The molecule has 1 aromatic rings. The molecule has 1 unspecified atom stereocenters. The summed E-state index contributed by atoms with van der Waals surface area (Å²) in [7, 11) is 4.03. The molecule has 1 amide bonds. The zero-order valence-electron chi connectivity index (χ0n) is 14.9. The first-order valence-electron chi connectivity index (χ1n) is 8.93. The smallest absolute Gasteiger partial charge is 0.246 e. The molecule has 0 saturated carbocycles. The zero-order valence-corrected chi connectivity index (χ0v) is 14.9. The Balaban J connectivity index is 1.52. The third kappa shape index (κ3) is 4.25. The molecule has 24 heavy (non-hydrogen) atoms. The first-order chi connectivity index (χ1) is 11.6. The molecule has 2 fully saturated rings. The summed E-state index contributed by atoms with van der Waals surface area (Å²) in [6.45, 7) is 5.93. The molecule has 4 heteroatoms. The predicted molar refractivity (Wildman–Crippen MR) is 97.7 cm³/mol. The quantitative estimate of drug-likeness (QED) is 0.776. The topological polar surface area (TPSA) is 26.8 Å². The van der Waals surface area contributed by atoms with Gasteiger partial charge in [0, 0.05) is 44.2 Å².